The van der Waals surface area contributed by atoms with Crippen LogP contribution in [-0.2, 0) is 11.3 Å². The van der Waals surface area contributed by atoms with E-state index in [1.807, 2.05) is 18.2 Å². The second kappa shape index (κ2) is 7.28. The molecule has 1 aliphatic rings. The molecule has 0 bridgehead atoms. The highest BCUT2D eigenvalue weighted by atomic mass is 16.5. The van der Waals surface area contributed by atoms with Gasteiger partial charge in [0.1, 0.15) is 17.5 Å². The van der Waals surface area contributed by atoms with Crippen molar-refractivity contribution >= 4 is 5.91 Å². The zero-order chi connectivity index (χ0) is 15.2. The molecule has 0 aromatic heterocycles. The predicted octanol–water partition coefficient (Wildman–Crippen LogP) is 0.224. The third kappa shape index (κ3) is 3.65. The molecule has 1 atom stereocenters. The minimum Gasteiger partial charge on any atom is -0.497 e. The molecular formula is C15H23N3O3. The van der Waals surface area contributed by atoms with Crippen molar-refractivity contribution in [3.8, 4) is 11.5 Å². The van der Waals surface area contributed by atoms with Crippen molar-refractivity contribution in [2.75, 3.05) is 40.9 Å². The molecule has 1 unspecified atom stereocenters. The molecule has 1 aromatic carbocycles. The van der Waals surface area contributed by atoms with E-state index in [4.69, 9.17) is 9.47 Å². The summed E-state index contributed by atoms with van der Waals surface area (Å²) < 4.78 is 10.6. The lowest BCUT2D eigenvalue weighted by atomic mass is 10.1. The Kier molecular flexibility index (Phi) is 5.41. The van der Waals surface area contributed by atoms with Crippen molar-refractivity contribution in [3.63, 3.8) is 0 Å². The fourth-order valence-corrected chi connectivity index (χ4v) is 2.56. The first kappa shape index (κ1) is 15.6. The molecule has 6 heteroatoms. The largest absolute Gasteiger partial charge is 0.497 e. The Balaban J connectivity index is 2.17. The number of likely N-dealkylation sites (N-methyl/N-ethyl adjacent to an activating group) is 1. The second-order valence-corrected chi connectivity index (χ2v) is 4.98. The third-order valence-corrected chi connectivity index (χ3v) is 3.77. The fraction of sp³-hybridized carbons (Fsp3) is 0.533. The maximum atomic E-state index is 12.0. The molecular weight excluding hydrogens is 270 g/mol. The van der Waals surface area contributed by atoms with Gasteiger partial charge < -0.3 is 20.1 Å². The van der Waals surface area contributed by atoms with Crippen LogP contribution in [0, 0.1) is 0 Å². The first-order valence-corrected chi connectivity index (χ1v) is 7.07. The molecule has 1 saturated heterocycles. The zero-order valence-electron chi connectivity index (χ0n) is 12.8. The standard InChI is InChI=1S/C15H23N3O3/c1-16-15(19)13-9-17-6-7-18(13)10-11-4-5-12(20-2)8-14(11)21-3/h4-5,8,13,17H,6-7,9-10H2,1-3H3,(H,16,19). The Hall–Kier alpha value is -1.79. The minimum atomic E-state index is -0.157. The molecule has 21 heavy (non-hydrogen) atoms. The van der Waals surface area contributed by atoms with Crippen molar-refractivity contribution in [1.82, 2.24) is 15.5 Å². The third-order valence-electron chi connectivity index (χ3n) is 3.77. The van der Waals surface area contributed by atoms with Crippen LogP contribution in [0.5, 0.6) is 11.5 Å². The Morgan fingerprint density at radius 3 is 2.90 bits per heavy atom. The SMILES string of the molecule is CNC(=O)C1CNCCN1Cc1ccc(OC)cc1OC. The van der Waals surface area contributed by atoms with Crippen molar-refractivity contribution < 1.29 is 14.3 Å². The van der Waals surface area contributed by atoms with Gasteiger partial charge in [-0.15, -0.1) is 0 Å². The lowest BCUT2D eigenvalue weighted by Gasteiger charge is -2.35. The smallest absolute Gasteiger partial charge is 0.238 e. The van der Waals surface area contributed by atoms with Crippen LogP contribution in [0.4, 0.5) is 0 Å². The van der Waals surface area contributed by atoms with Crippen LogP contribution in [-0.4, -0.2) is 57.8 Å². The van der Waals surface area contributed by atoms with Crippen molar-refractivity contribution in [1.29, 1.82) is 0 Å². The van der Waals surface area contributed by atoms with Crippen LogP contribution >= 0.6 is 0 Å². The summed E-state index contributed by atoms with van der Waals surface area (Å²) in [5, 5.41) is 5.98. The molecule has 1 heterocycles. The summed E-state index contributed by atoms with van der Waals surface area (Å²) in [6.45, 7) is 3.05. The number of carbonyl (C=O) groups excluding carboxylic acids is 1. The van der Waals surface area contributed by atoms with Gasteiger partial charge in [0, 0.05) is 44.9 Å². The quantitative estimate of drug-likeness (QED) is 0.813. The van der Waals surface area contributed by atoms with Gasteiger partial charge in [-0.05, 0) is 6.07 Å². The Labute approximate surface area is 125 Å². The summed E-state index contributed by atoms with van der Waals surface area (Å²) >= 11 is 0. The first-order chi connectivity index (χ1) is 10.2. The van der Waals surface area contributed by atoms with Crippen LogP contribution in [0.15, 0.2) is 18.2 Å². The number of carbonyl (C=O) groups is 1. The van der Waals surface area contributed by atoms with Gasteiger partial charge in [0.15, 0.2) is 0 Å². The first-order valence-electron chi connectivity index (χ1n) is 7.07. The van der Waals surface area contributed by atoms with Gasteiger partial charge in [0.2, 0.25) is 5.91 Å². The van der Waals surface area contributed by atoms with E-state index >= 15 is 0 Å². The minimum absolute atomic E-state index is 0.0367. The summed E-state index contributed by atoms with van der Waals surface area (Å²) in [5.41, 5.74) is 1.05. The number of rotatable bonds is 5. The number of benzene rings is 1. The number of ether oxygens (including phenoxy) is 2. The van der Waals surface area contributed by atoms with Crippen LogP contribution in [0.3, 0.4) is 0 Å². The number of nitrogens with one attached hydrogen (secondary N) is 2. The molecule has 0 aliphatic carbocycles. The van der Waals surface area contributed by atoms with Crippen LogP contribution < -0.4 is 20.1 Å². The van der Waals surface area contributed by atoms with Gasteiger partial charge in [-0.2, -0.15) is 0 Å². The van der Waals surface area contributed by atoms with E-state index in [0.29, 0.717) is 13.1 Å². The molecule has 2 rings (SSSR count). The lowest BCUT2D eigenvalue weighted by molar-refractivity contribution is -0.126. The van der Waals surface area contributed by atoms with Gasteiger partial charge in [-0.3, -0.25) is 9.69 Å². The number of methoxy groups -OCH3 is 2. The molecule has 1 amide bonds. The normalized spacial score (nSPS) is 19.1. The Bertz CT molecular complexity index is 493. The highest BCUT2D eigenvalue weighted by Gasteiger charge is 2.28. The van der Waals surface area contributed by atoms with Gasteiger partial charge in [0.05, 0.1) is 14.2 Å². The number of nitrogens with zero attached hydrogens (tertiary/aromatic N) is 1. The summed E-state index contributed by atoms with van der Waals surface area (Å²) in [4.78, 5) is 14.1. The van der Waals surface area contributed by atoms with Crippen LogP contribution in [0.25, 0.3) is 0 Å². The maximum Gasteiger partial charge on any atom is 0.238 e. The van der Waals surface area contributed by atoms with Crippen molar-refractivity contribution in [2.24, 2.45) is 0 Å². The predicted molar refractivity (Wildman–Crippen MR) is 80.7 cm³/mol. The van der Waals surface area contributed by atoms with E-state index in [9.17, 15) is 4.79 Å². The van der Waals surface area contributed by atoms with Crippen LogP contribution in [0.2, 0.25) is 0 Å². The molecule has 0 spiro atoms. The summed E-state index contributed by atoms with van der Waals surface area (Å²) in [6.07, 6.45) is 0. The number of hydrogen-bond donors (Lipinski definition) is 2. The van der Waals surface area contributed by atoms with Gasteiger partial charge >= 0.3 is 0 Å². The molecule has 1 aromatic rings. The summed E-state index contributed by atoms with van der Waals surface area (Å²) in [5.74, 6) is 1.58. The van der Waals surface area contributed by atoms with E-state index < -0.39 is 0 Å². The average Bonchev–Trinajstić information content (AvgIpc) is 2.55. The highest BCUT2D eigenvalue weighted by molar-refractivity contribution is 5.81. The molecule has 2 N–H and O–H groups in total. The van der Waals surface area contributed by atoms with E-state index in [2.05, 4.69) is 15.5 Å². The van der Waals surface area contributed by atoms with E-state index in [0.717, 1.165) is 30.2 Å². The molecule has 6 nitrogen and oxygen atoms in total. The molecule has 0 saturated carbocycles. The molecule has 0 radical (unpaired) electrons. The van der Waals surface area contributed by atoms with Gasteiger partial charge in [0.25, 0.3) is 0 Å². The highest BCUT2D eigenvalue weighted by Crippen LogP contribution is 2.26. The van der Waals surface area contributed by atoms with Gasteiger partial charge in [-0.1, -0.05) is 6.07 Å². The lowest BCUT2D eigenvalue weighted by Crippen LogP contribution is -2.56. The van der Waals surface area contributed by atoms with E-state index in [1.54, 1.807) is 21.3 Å². The number of hydrogen-bond acceptors (Lipinski definition) is 5. The van der Waals surface area contributed by atoms with Crippen molar-refractivity contribution in [2.45, 2.75) is 12.6 Å². The Morgan fingerprint density at radius 1 is 1.43 bits per heavy atom. The monoisotopic (exact) mass is 293 g/mol. The number of amides is 1. The maximum absolute atomic E-state index is 12.0. The fourth-order valence-electron chi connectivity index (χ4n) is 2.56. The van der Waals surface area contributed by atoms with Gasteiger partial charge in [-0.25, -0.2) is 0 Å². The average molecular weight is 293 g/mol. The number of piperazine rings is 1. The van der Waals surface area contributed by atoms with E-state index in [-0.39, 0.29) is 11.9 Å². The summed E-state index contributed by atoms with van der Waals surface area (Å²) in [6, 6.07) is 5.61. The molecule has 1 aliphatic heterocycles. The topological polar surface area (TPSA) is 62.8 Å². The second-order valence-electron chi connectivity index (χ2n) is 4.98. The molecule has 1 fully saturated rings. The van der Waals surface area contributed by atoms with Crippen molar-refractivity contribution in [3.05, 3.63) is 23.8 Å². The van der Waals surface area contributed by atoms with Crippen LogP contribution in [0.1, 0.15) is 5.56 Å². The Morgan fingerprint density at radius 2 is 2.24 bits per heavy atom. The van der Waals surface area contributed by atoms with E-state index in [1.165, 1.54) is 0 Å². The molecule has 116 valence electrons. The zero-order valence-corrected chi connectivity index (χ0v) is 12.8. The summed E-state index contributed by atoms with van der Waals surface area (Å²) in [7, 11) is 4.95.